The minimum absolute atomic E-state index is 0.598. The first-order chi connectivity index (χ1) is 13.1. The molecule has 4 aromatic rings. The van der Waals surface area contributed by atoms with Gasteiger partial charge in [0.15, 0.2) is 5.75 Å². The van der Waals surface area contributed by atoms with E-state index in [1.54, 1.807) is 7.11 Å². The molecule has 0 bridgehead atoms. The number of aromatic nitrogens is 1. The lowest BCUT2D eigenvalue weighted by atomic mass is 9.99. The van der Waals surface area contributed by atoms with Crippen LogP contribution in [-0.4, -0.2) is 11.5 Å². The Labute approximate surface area is 159 Å². The van der Waals surface area contributed by atoms with Gasteiger partial charge >= 0.3 is 0 Å². The topological polar surface area (TPSA) is 37.4 Å². The van der Waals surface area contributed by atoms with Gasteiger partial charge in [-0.3, -0.25) is 0 Å². The molecule has 0 saturated heterocycles. The Kier molecular flexibility index (Phi) is 4.18. The second-order valence-corrected chi connectivity index (χ2v) is 6.74. The molecule has 2 heterocycles. The van der Waals surface area contributed by atoms with Gasteiger partial charge in [0.05, 0.1) is 23.9 Å². The van der Waals surface area contributed by atoms with Gasteiger partial charge in [-0.25, -0.2) is 0 Å². The molecule has 3 nitrogen and oxygen atoms in total. The minimum Gasteiger partial charge on any atom is -0.494 e. The van der Waals surface area contributed by atoms with Crippen LogP contribution in [0.5, 0.6) is 5.75 Å². The van der Waals surface area contributed by atoms with Crippen LogP contribution < -0.4 is 4.74 Å². The third-order valence-electron chi connectivity index (χ3n) is 4.90. The van der Waals surface area contributed by atoms with Gasteiger partial charge in [0, 0.05) is 6.20 Å². The van der Waals surface area contributed by atoms with Gasteiger partial charge in [-0.05, 0) is 37.1 Å². The first-order valence-corrected chi connectivity index (χ1v) is 8.89. The van der Waals surface area contributed by atoms with Crippen LogP contribution >= 0.6 is 0 Å². The van der Waals surface area contributed by atoms with Crippen molar-refractivity contribution in [2.45, 2.75) is 13.8 Å². The molecular formula is C24H20N2O. The Morgan fingerprint density at radius 1 is 0.852 bits per heavy atom. The van der Waals surface area contributed by atoms with E-state index in [1.165, 1.54) is 11.1 Å². The molecule has 0 aliphatic heterocycles. The molecule has 132 valence electrons. The summed E-state index contributed by atoms with van der Waals surface area (Å²) in [7, 11) is 1.67. The number of aryl methyl sites for hydroxylation is 2. The number of pyridine rings is 1. The summed E-state index contributed by atoms with van der Waals surface area (Å²) in [6, 6.07) is 22.9. The van der Waals surface area contributed by atoms with Crippen molar-refractivity contribution in [2.75, 3.05) is 7.11 Å². The van der Waals surface area contributed by atoms with E-state index >= 15 is 0 Å². The number of hydrogen-bond acceptors (Lipinski definition) is 2. The van der Waals surface area contributed by atoms with E-state index in [9.17, 15) is 5.26 Å². The van der Waals surface area contributed by atoms with Gasteiger partial charge in [-0.15, -0.1) is 0 Å². The van der Waals surface area contributed by atoms with Crippen molar-refractivity contribution in [1.82, 2.24) is 4.40 Å². The largest absolute Gasteiger partial charge is 0.494 e. The van der Waals surface area contributed by atoms with Crippen LogP contribution in [0.25, 0.3) is 27.9 Å². The quantitative estimate of drug-likeness (QED) is 0.469. The monoisotopic (exact) mass is 352 g/mol. The number of ether oxygens (including phenoxy) is 1. The maximum atomic E-state index is 9.65. The minimum atomic E-state index is 0.598. The molecule has 0 fully saturated rings. The number of nitrogens with zero attached hydrogens (tertiary/aromatic N) is 2. The van der Waals surface area contributed by atoms with Crippen LogP contribution in [0.4, 0.5) is 0 Å². The van der Waals surface area contributed by atoms with E-state index in [4.69, 9.17) is 4.74 Å². The molecule has 0 saturated carbocycles. The molecule has 0 radical (unpaired) electrons. The second kappa shape index (κ2) is 6.66. The van der Waals surface area contributed by atoms with Crippen molar-refractivity contribution in [1.29, 1.82) is 5.26 Å². The maximum absolute atomic E-state index is 9.65. The van der Waals surface area contributed by atoms with Gasteiger partial charge in [0.1, 0.15) is 11.6 Å². The molecule has 27 heavy (non-hydrogen) atoms. The SMILES string of the molecule is COc1c(-c2ccc(C)cc2)c(-c2ccc(C)cc2)n2cccc(C#N)c12. The zero-order valence-corrected chi connectivity index (χ0v) is 15.7. The molecule has 0 N–H and O–H groups in total. The standard InChI is InChI=1S/C24H20N2O/c1-16-6-10-18(11-7-16)21-22(19-12-8-17(2)9-13-19)26-14-4-5-20(15-25)23(26)24(21)27-3/h4-14H,1-3H3. The Bertz CT molecular complexity index is 1160. The Hall–Kier alpha value is -3.51. The fourth-order valence-electron chi connectivity index (χ4n) is 3.54. The summed E-state index contributed by atoms with van der Waals surface area (Å²) in [4.78, 5) is 0. The summed E-state index contributed by atoms with van der Waals surface area (Å²) in [6.45, 7) is 4.15. The summed E-state index contributed by atoms with van der Waals surface area (Å²) in [5.74, 6) is 0.728. The zero-order valence-electron chi connectivity index (χ0n) is 15.7. The summed E-state index contributed by atoms with van der Waals surface area (Å²) >= 11 is 0. The van der Waals surface area contributed by atoms with Gasteiger partial charge in [0.25, 0.3) is 0 Å². The lowest BCUT2D eigenvalue weighted by Crippen LogP contribution is -1.91. The third-order valence-corrected chi connectivity index (χ3v) is 4.90. The van der Waals surface area contributed by atoms with E-state index in [-0.39, 0.29) is 0 Å². The zero-order chi connectivity index (χ0) is 19.0. The van der Waals surface area contributed by atoms with E-state index < -0.39 is 0 Å². The van der Waals surface area contributed by atoms with Crippen molar-refractivity contribution in [3.8, 4) is 34.2 Å². The van der Waals surface area contributed by atoms with Gasteiger partial charge in [0.2, 0.25) is 0 Å². The van der Waals surface area contributed by atoms with Gasteiger partial charge < -0.3 is 9.14 Å². The average Bonchev–Trinajstić information content (AvgIpc) is 3.03. The number of nitriles is 1. The number of benzene rings is 2. The first-order valence-electron chi connectivity index (χ1n) is 8.89. The van der Waals surface area contributed by atoms with E-state index in [2.05, 4.69) is 72.8 Å². The van der Waals surface area contributed by atoms with Crippen LogP contribution in [0.1, 0.15) is 16.7 Å². The first kappa shape index (κ1) is 16.9. The van der Waals surface area contributed by atoms with Crippen molar-refractivity contribution in [3.05, 3.63) is 83.6 Å². The smallest absolute Gasteiger partial charge is 0.154 e. The average molecular weight is 352 g/mol. The van der Waals surface area contributed by atoms with Crippen molar-refractivity contribution < 1.29 is 4.74 Å². The van der Waals surface area contributed by atoms with Crippen molar-refractivity contribution in [3.63, 3.8) is 0 Å². The maximum Gasteiger partial charge on any atom is 0.154 e. The molecule has 0 aliphatic carbocycles. The van der Waals surface area contributed by atoms with Crippen LogP contribution in [0, 0.1) is 25.2 Å². The van der Waals surface area contributed by atoms with E-state index in [0.717, 1.165) is 33.7 Å². The van der Waals surface area contributed by atoms with Crippen molar-refractivity contribution >= 4 is 5.52 Å². The number of methoxy groups -OCH3 is 1. The molecule has 0 aliphatic rings. The van der Waals surface area contributed by atoms with Crippen molar-refractivity contribution in [2.24, 2.45) is 0 Å². The molecule has 2 aromatic carbocycles. The summed E-state index contributed by atoms with van der Waals surface area (Å²) in [6.07, 6.45) is 1.99. The molecule has 3 heteroatoms. The van der Waals surface area contributed by atoms with Crippen LogP contribution in [0.15, 0.2) is 66.9 Å². The predicted molar refractivity (Wildman–Crippen MR) is 109 cm³/mol. The van der Waals surface area contributed by atoms with E-state index in [0.29, 0.717) is 5.56 Å². The fraction of sp³-hybridized carbons (Fsp3) is 0.125. The number of rotatable bonds is 3. The molecule has 0 atom stereocenters. The fourth-order valence-corrected chi connectivity index (χ4v) is 3.54. The van der Waals surface area contributed by atoms with Crippen LogP contribution in [0.3, 0.4) is 0 Å². The molecule has 0 spiro atoms. The predicted octanol–water partition coefficient (Wildman–Crippen LogP) is 5.77. The highest BCUT2D eigenvalue weighted by Crippen LogP contribution is 2.45. The molecule has 0 unspecified atom stereocenters. The highest BCUT2D eigenvalue weighted by molar-refractivity contribution is 5.95. The van der Waals surface area contributed by atoms with Gasteiger partial charge in [-0.2, -0.15) is 5.26 Å². The Balaban J connectivity index is 2.16. The molecule has 0 amide bonds. The number of hydrogen-bond donors (Lipinski definition) is 0. The van der Waals surface area contributed by atoms with Crippen LogP contribution in [-0.2, 0) is 0 Å². The molecule has 4 rings (SSSR count). The van der Waals surface area contributed by atoms with Gasteiger partial charge in [-0.1, -0.05) is 59.7 Å². The summed E-state index contributed by atoms with van der Waals surface area (Å²) in [5.41, 5.74) is 8.00. The molecular weight excluding hydrogens is 332 g/mol. The van der Waals surface area contributed by atoms with E-state index in [1.807, 2.05) is 18.3 Å². The highest BCUT2D eigenvalue weighted by atomic mass is 16.5. The third kappa shape index (κ3) is 2.76. The Morgan fingerprint density at radius 3 is 2.00 bits per heavy atom. The Morgan fingerprint density at radius 2 is 1.44 bits per heavy atom. The number of fused-ring (bicyclic) bond motifs is 1. The highest BCUT2D eigenvalue weighted by Gasteiger charge is 2.23. The summed E-state index contributed by atoms with van der Waals surface area (Å²) < 4.78 is 7.91. The lowest BCUT2D eigenvalue weighted by Gasteiger charge is -2.09. The normalized spacial score (nSPS) is 10.7. The molecule has 2 aromatic heterocycles. The van der Waals surface area contributed by atoms with Crippen LogP contribution in [0.2, 0.25) is 0 Å². The second-order valence-electron chi connectivity index (χ2n) is 6.74. The lowest BCUT2D eigenvalue weighted by molar-refractivity contribution is 0.421. The summed E-state index contributed by atoms with van der Waals surface area (Å²) in [5, 5.41) is 9.65.